The van der Waals surface area contributed by atoms with Crippen molar-refractivity contribution >= 4 is 41.4 Å². The first kappa shape index (κ1) is 20.5. The Bertz CT molecular complexity index is 1170. The minimum Gasteiger partial charge on any atom is -0.478 e. The molecule has 4 aromatic rings. The molecule has 1 aromatic heterocycles. The minimum atomic E-state index is -1.00. The Balaban J connectivity index is 1.56. The molecule has 0 unspecified atom stereocenters. The highest BCUT2D eigenvalue weighted by Crippen LogP contribution is 2.18. The molecular weight excluding hydrogens is 406 g/mol. The molecule has 0 saturated carbocycles. The van der Waals surface area contributed by atoms with E-state index < -0.39 is 5.97 Å². The smallest absolute Gasteiger partial charge is 0.335 e. The van der Waals surface area contributed by atoms with Gasteiger partial charge in [-0.05, 0) is 42.0 Å². The maximum atomic E-state index is 11.1. The van der Waals surface area contributed by atoms with E-state index in [1.165, 1.54) is 18.3 Å². The lowest BCUT2D eigenvalue weighted by Crippen LogP contribution is -2.07. The second kappa shape index (κ2) is 9.81. The lowest BCUT2D eigenvalue weighted by atomic mass is 10.1. The normalized spacial score (nSPS) is 10.6. The van der Waals surface area contributed by atoms with Gasteiger partial charge in [-0.3, -0.25) is 0 Å². The predicted octanol–water partition coefficient (Wildman–Crippen LogP) is 4.50. The quantitative estimate of drug-likeness (QED) is 0.240. The minimum absolute atomic E-state index is 0.179. The number of carbonyl (C=O) groups is 1. The van der Waals surface area contributed by atoms with Gasteiger partial charge in [0.2, 0.25) is 17.8 Å². The van der Waals surface area contributed by atoms with Crippen LogP contribution in [0.25, 0.3) is 0 Å². The number of aromatic carboxylic acids is 1. The Morgan fingerprint density at radius 2 is 1.31 bits per heavy atom. The van der Waals surface area contributed by atoms with Crippen LogP contribution < -0.4 is 16.1 Å². The van der Waals surface area contributed by atoms with Gasteiger partial charge in [-0.25, -0.2) is 10.2 Å². The van der Waals surface area contributed by atoms with Crippen molar-refractivity contribution in [3.8, 4) is 0 Å². The fourth-order valence-electron chi connectivity index (χ4n) is 2.76. The van der Waals surface area contributed by atoms with Crippen LogP contribution >= 0.6 is 0 Å². The van der Waals surface area contributed by atoms with Crippen LogP contribution in [0.15, 0.2) is 90.0 Å². The maximum Gasteiger partial charge on any atom is 0.335 e. The average Bonchev–Trinajstić information content (AvgIpc) is 2.80. The van der Waals surface area contributed by atoms with Gasteiger partial charge >= 0.3 is 5.97 Å². The van der Waals surface area contributed by atoms with E-state index in [0.29, 0.717) is 17.5 Å². The molecule has 32 heavy (non-hydrogen) atoms. The van der Waals surface area contributed by atoms with Crippen LogP contribution in [0, 0.1) is 0 Å². The van der Waals surface area contributed by atoms with Crippen LogP contribution in [0.1, 0.15) is 15.9 Å². The van der Waals surface area contributed by atoms with E-state index >= 15 is 0 Å². The number of hydrazone groups is 1. The summed E-state index contributed by atoms with van der Waals surface area (Å²) >= 11 is 0. The molecule has 4 rings (SSSR count). The van der Waals surface area contributed by atoms with Crippen molar-refractivity contribution in [2.45, 2.75) is 0 Å². The number of carboxylic acids is 1. The van der Waals surface area contributed by atoms with Crippen molar-refractivity contribution in [2.24, 2.45) is 5.10 Å². The molecule has 0 saturated heterocycles. The zero-order valence-electron chi connectivity index (χ0n) is 16.8. The van der Waals surface area contributed by atoms with E-state index in [9.17, 15) is 4.79 Å². The van der Waals surface area contributed by atoms with E-state index in [-0.39, 0.29) is 11.5 Å². The fraction of sp³-hybridized carbons (Fsp3) is 0. The monoisotopic (exact) mass is 425 g/mol. The number of hydrogen-bond donors (Lipinski definition) is 4. The Morgan fingerprint density at radius 1 is 0.750 bits per heavy atom. The third-order valence-corrected chi connectivity index (χ3v) is 4.21. The van der Waals surface area contributed by atoms with Gasteiger partial charge in [-0.1, -0.05) is 48.5 Å². The third kappa shape index (κ3) is 5.63. The highest BCUT2D eigenvalue weighted by atomic mass is 16.4. The van der Waals surface area contributed by atoms with Crippen molar-refractivity contribution in [1.29, 1.82) is 0 Å². The molecule has 0 fully saturated rings. The van der Waals surface area contributed by atoms with Crippen LogP contribution in [-0.2, 0) is 0 Å². The second-order valence-electron chi connectivity index (χ2n) is 6.59. The summed E-state index contributed by atoms with van der Waals surface area (Å²) in [5, 5.41) is 19.5. The Morgan fingerprint density at radius 3 is 1.88 bits per heavy atom. The van der Waals surface area contributed by atoms with E-state index in [2.05, 4.69) is 36.1 Å². The highest BCUT2D eigenvalue weighted by molar-refractivity contribution is 5.91. The van der Waals surface area contributed by atoms with Gasteiger partial charge in [-0.15, -0.1) is 0 Å². The molecule has 0 aliphatic heterocycles. The topological polar surface area (TPSA) is 124 Å². The van der Waals surface area contributed by atoms with E-state index in [0.717, 1.165) is 11.4 Å². The number of nitrogens with zero attached hydrogens (tertiary/aromatic N) is 4. The first-order valence-corrected chi connectivity index (χ1v) is 9.68. The highest BCUT2D eigenvalue weighted by Gasteiger charge is 2.07. The second-order valence-corrected chi connectivity index (χ2v) is 6.59. The molecule has 0 amide bonds. The predicted molar refractivity (Wildman–Crippen MR) is 124 cm³/mol. The number of carboxylic acid groups (broad SMARTS) is 1. The molecule has 0 aliphatic rings. The molecule has 0 aliphatic carbocycles. The van der Waals surface area contributed by atoms with Crippen LogP contribution in [0.2, 0.25) is 0 Å². The number of anilines is 5. The van der Waals surface area contributed by atoms with Crippen molar-refractivity contribution < 1.29 is 9.90 Å². The van der Waals surface area contributed by atoms with Crippen molar-refractivity contribution in [3.05, 3.63) is 96.1 Å². The summed E-state index contributed by atoms with van der Waals surface area (Å²) in [6.07, 6.45) is 1.49. The van der Waals surface area contributed by atoms with Crippen LogP contribution in [0.5, 0.6) is 0 Å². The molecule has 9 nitrogen and oxygen atoms in total. The summed E-state index contributed by atoms with van der Waals surface area (Å²) in [5.74, 6) is -0.133. The summed E-state index contributed by atoms with van der Waals surface area (Å²) in [7, 11) is 0. The molecule has 3 aromatic carbocycles. The van der Waals surface area contributed by atoms with E-state index in [4.69, 9.17) is 5.11 Å². The van der Waals surface area contributed by atoms with Crippen LogP contribution in [0.4, 0.5) is 29.2 Å². The molecule has 9 heteroatoms. The van der Waals surface area contributed by atoms with Crippen molar-refractivity contribution in [1.82, 2.24) is 15.0 Å². The van der Waals surface area contributed by atoms with Crippen molar-refractivity contribution in [2.75, 3.05) is 16.1 Å². The molecule has 1 heterocycles. The maximum absolute atomic E-state index is 11.1. The summed E-state index contributed by atoms with van der Waals surface area (Å²) in [6, 6.07) is 25.5. The number of rotatable bonds is 8. The molecule has 0 radical (unpaired) electrons. The number of nitrogens with one attached hydrogen (secondary N) is 3. The Labute approximate surface area is 183 Å². The van der Waals surface area contributed by atoms with Gasteiger partial charge in [0, 0.05) is 11.4 Å². The molecule has 158 valence electrons. The number of para-hydroxylation sites is 2. The summed E-state index contributed by atoms with van der Waals surface area (Å²) < 4.78 is 0. The Hall–Kier alpha value is -4.79. The Kier molecular flexibility index (Phi) is 6.28. The molecule has 0 atom stereocenters. The molecule has 0 spiro atoms. The first-order valence-electron chi connectivity index (χ1n) is 9.68. The zero-order valence-corrected chi connectivity index (χ0v) is 16.8. The van der Waals surface area contributed by atoms with Gasteiger partial charge in [-0.2, -0.15) is 20.1 Å². The lowest BCUT2D eigenvalue weighted by Gasteiger charge is -2.10. The van der Waals surface area contributed by atoms with Gasteiger partial charge in [0.15, 0.2) is 0 Å². The van der Waals surface area contributed by atoms with Gasteiger partial charge in [0.05, 0.1) is 11.8 Å². The number of hydrogen-bond acceptors (Lipinski definition) is 8. The van der Waals surface area contributed by atoms with Crippen molar-refractivity contribution in [3.63, 3.8) is 0 Å². The fourth-order valence-corrected chi connectivity index (χ4v) is 2.76. The summed E-state index contributed by atoms with van der Waals surface area (Å²) in [4.78, 5) is 24.3. The first-order chi connectivity index (χ1) is 15.7. The molecular formula is C23H19N7O2. The number of aromatic nitrogens is 3. The van der Waals surface area contributed by atoms with E-state index in [1.54, 1.807) is 12.1 Å². The zero-order chi connectivity index (χ0) is 22.2. The van der Waals surface area contributed by atoms with E-state index in [1.807, 2.05) is 60.7 Å². The number of benzene rings is 3. The average molecular weight is 425 g/mol. The standard InChI is InChI=1S/C23H19N7O2/c31-20(32)17-9-7-8-16(14-17)15-24-30-23-28-21(25-18-10-3-1-4-11-18)27-22(29-23)26-19-12-5-2-6-13-19/h1-15H,(H,31,32)(H3,25,26,27,28,29,30)/b24-15+. The summed E-state index contributed by atoms with van der Waals surface area (Å²) in [6.45, 7) is 0. The largest absolute Gasteiger partial charge is 0.478 e. The summed E-state index contributed by atoms with van der Waals surface area (Å²) in [5.41, 5.74) is 5.22. The SMILES string of the molecule is O=C(O)c1cccc(/C=N/Nc2nc(Nc3ccccc3)nc(Nc3ccccc3)n2)c1. The van der Waals surface area contributed by atoms with Gasteiger partial charge in [0.25, 0.3) is 0 Å². The molecule has 0 bridgehead atoms. The van der Waals surface area contributed by atoms with Gasteiger partial charge < -0.3 is 15.7 Å². The van der Waals surface area contributed by atoms with Crippen LogP contribution in [-0.4, -0.2) is 32.2 Å². The third-order valence-electron chi connectivity index (χ3n) is 4.21. The van der Waals surface area contributed by atoms with Gasteiger partial charge in [0.1, 0.15) is 0 Å². The molecule has 4 N–H and O–H groups in total. The lowest BCUT2D eigenvalue weighted by molar-refractivity contribution is 0.0697. The van der Waals surface area contributed by atoms with Crippen LogP contribution in [0.3, 0.4) is 0 Å².